The van der Waals surface area contributed by atoms with E-state index in [-0.39, 0.29) is 6.61 Å². The highest BCUT2D eigenvalue weighted by atomic mass is 16.7. The van der Waals surface area contributed by atoms with E-state index in [4.69, 9.17) is 14.2 Å². The first kappa shape index (κ1) is 15.8. The fourth-order valence-corrected chi connectivity index (χ4v) is 1.75. The predicted molar refractivity (Wildman–Crippen MR) is 64.0 cm³/mol. The Morgan fingerprint density at radius 1 is 1.17 bits per heavy atom. The lowest BCUT2D eigenvalue weighted by Gasteiger charge is -2.39. The van der Waals surface area contributed by atoms with Gasteiger partial charge in [-0.25, -0.2) is 0 Å². The number of aliphatic hydroxyl groups excluding tert-OH is 3. The molecular formula is C12H24O6. The average molecular weight is 264 g/mol. The third-order valence-corrected chi connectivity index (χ3v) is 3.28. The first-order chi connectivity index (χ1) is 8.51. The second kappa shape index (κ2) is 7.37. The number of aliphatic hydroxyl groups is 3. The number of rotatable bonds is 6. The zero-order chi connectivity index (χ0) is 13.7. The molecule has 1 saturated heterocycles. The van der Waals surface area contributed by atoms with Crippen molar-refractivity contribution in [3.05, 3.63) is 0 Å². The molecule has 18 heavy (non-hydrogen) atoms. The summed E-state index contributed by atoms with van der Waals surface area (Å²) in [7, 11) is 1.37. The Balaban J connectivity index is 2.44. The van der Waals surface area contributed by atoms with E-state index in [9.17, 15) is 15.3 Å². The Morgan fingerprint density at radius 2 is 1.83 bits per heavy atom. The van der Waals surface area contributed by atoms with Crippen LogP contribution in [-0.4, -0.2) is 66.3 Å². The molecule has 0 aliphatic carbocycles. The Morgan fingerprint density at radius 3 is 2.39 bits per heavy atom. The summed E-state index contributed by atoms with van der Waals surface area (Å²) in [5, 5.41) is 29.0. The van der Waals surface area contributed by atoms with Crippen LogP contribution in [0.3, 0.4) is 0 Å². The second-order valence-corrected chi connectivity index (χ2v) is 4.80. The molecule has 108 valence electrons. The van der Waals surface area contributed by atoms with Gasteiger partial charge in [-0.2, -0.15) is 0 Å². The highest BCUT2D eigenvalue weighted by molar-refractivity contribution is 4.88. The van der Waals surface area contributed by atoms with E-state index < -0.39 is 30.7 Å². The van der Waals surface area contributed by atoms with E-state index in [0.717, 1.165) is 6.42 Å². The summed E-state index contributed by atoms with van der Waals surface area (Å²) in [4.78, 5) is 0. The van der Waals surface area contributed by atoms with Crippen molar-refractivity contribution in [1.82, 2.24) is 0 Å². The van der Waals surface area contributed by atoms with Crippen LogP contribution in [0.25, 0.3) is 0 Å². The van der Waals surface area contributed by atoms with Crippen molar-refractivity contribution in [2.45, 2.75) is 51.0 Å². The predicted octanol–water partition coefficient (Wildman–Crippen LogP) is -0.497. The minimum atomic E-state index is -1.29. The molecule has 0 bridgehead atoms. The topological polar surface area (TPSA) is 88.4 Å². The van der Waals surface area contributed by atoms with E-state index in [0.29, 0.717) is 12.5 Å². The van der Waals surface area contributed by atoms with E-state index in [1.807, 2.05) is 0 Å². The van der Waals surface area contributed by atoms with Crippen LogP contribution < -0.4 is 0 Å². The van der Waals surface area contributed by atoms with Crippen molar-refractivity contribution in [3.8, 4) is 0 Å². The van der Waals surface area contributed by atoms with Crippen molar-refractivity contribution in [3.63, 3.8) is 0 Å². The molecule has 0 aromatic rings. The molecule has 0 aromatic heterocycles. The summed E-state index contributed by atoms with van der Waals surface area (Å²) in [5.74, 6) is 0.430. The summed E-state index contributed by atoms with van der Waals surface area (Å²) in [6, 6.07) is 0. The summed E-state index contributed by atoms with van der Waals surface area (Å²) in [6.45, 7) is 4.87. The minimum Gasteiger partial charge on any atom is -0.387 e. The van der Waals surface area contributed by atoms with Gasteiger partial charge in [0.2, 0.25) is 0 Å². The van der Waals surface area contributed by atoms with Gasteiger partial charge in [-0.3, -0.25) is 0 Å². The first-order valence-corrected chi connectivity index (χ1v) is 6.31. The molecule has 6 atom stereocenters. The van der Waals surface area contributed by atoms with E-state index in [2.05, 4.69) is 13.8 Å². The molecule has 1 rings (SSSR count). The van der Waals surface area contributed by atoms with Gasteiger partial charge in [-0.05, 0) is 5.92 Å². The lowest BCUT2D eigenvalue weighted by atomic mass is 9.99. The lowest BCUT2D eigenvalue weighted by molar-refractivity contribution is -0.296. The van der Waals surface area contributed by atoms with Crippen LogP contribution in [0.4, 0.5) is 0 Å². The maximum atomic E-state index is 9.77. The van der Waals surface area contributed by atoms with E-state index in [1.54, 1.807) is 0 Å². The average Bonchev–Trinajstić information content (AvgIpc) is 2.38. The summed E-state index contributed by atoms with van der Waals surface area (Å²) in [6.07, 6.45) is -4.35. The normalized spacial score (nSPS) is 38.7. The smallest absolute Gasteiger partial charge is 0.186 e. The first-order valence-electron chi connectivity index (χ1n) is 6.31. The van der Waals surface area contributed by atoms with Gasteiger partial charge in [0, 0.05) is 13.7 Å². The third kappa shape index (κ3) is 3.88. The molecule has 1 fully saturated rings. The molecule has 1 heterocycles. The van der Waals surface area contributed by atoms with Crippen molar-refractivity contribution < 1.29 is 29.5 Å². The zero-order valence-corrected chi connectivity index (χ0v) is 11.2. The van der Waals surface area contributed by atoms with Gasteiger partial charge < -0.3 is 29.5 Å². The van der Waals surface area contributed by atoms with E-state index >= 15 is 0 Å². The SMILES string of the molecule is CCC(C)COCC1O[C@H](OC)C(O)C(O)[C@@H]1O. The van der Waals surface area contributed by atoms with Crippen molar-refractivity contribution in [2.24, 2.45) is 5.92 Å². The fourth-order valence-electron chi connectivity index (χ4n) is 1.75. The van der Waals surface area contributed by atoms with Gasteiger partial charge in [0.25, 0.3) is 0 Å². The molecule has 0 amide bonds. The standard InChI is InChI=1S/C12H24O6/c1-4-7(2)5-17-6-8-9(13)10(14)11(15)12(16-3)18-8/h7-15H,4-6H2,1-3H3/t7?,8?,9-,10?,11?,12+/m1/s1. The number of methoxy groups -OCH3 is 1. The molecule has 1 aliphatic heterocycles. The number of hydrogen-bond donors (Lipinski definition) is 3. The highest BCUT2D eigenvalue weighted by Gasteiger charge is 2.43. The van der Waals surface area contributed by atoms with Gasteiger partial charge in [0.05, 0.1) is 6.61 Å². The van der Waals surface area contributed by atoms with Crippen LogP contribution in [0, 0.1) is 5.92 Å². The zero-order valence-electron chi connectivity index (χ0n) is 11.2. The van der Waals surface area contributed by atoms with Crippen LogP contribution in [0.15, 0.2) is 0 Å². The van der Waals surface area contributed by atoms with Crippen molar-refractivity contribution >= 4 is 0 Å². The van der Waals surface area contributed by atoms with Crippen LogP contribution in [-0.2, 0) is 14.2 Å². The van der Waals surface area contributed by atoms with Crippen LogP contribution in [0.2, 0.25) is 0 Å². The van der Waals surface area contributed by atoms with Crippen molar-refractivity contribution in [1.29, 1.82) is 0 Å². The van der Waals surface area contributed by atoms with Crippen LogP contribution in [0.5, 0.6) is 0 Å². The lowest BCUT2D eigenvalue weighted by Crippen LogP contribution is -2.59. The van der Waals surface area contributed by atoms with Crippen LogP contribution >= 0.6 is 0 Å². The van der Waals surface area contributed by atoms with Gasteiger partial charge in [0.1, 0.15) is 24.4 Å². The molecule has 0 saturated carbocycles. The molecule has 0 aromatic carbocycles. The number of ether oxygens (including phenoxy) is 3. The van der Waals surface area contributed by atoms with Gasteiger partial charge in [-0.15, -0.1) is 0 Å². The Bertz CT molecular complexity index is 235. The fraction of sp³-hybridized carbons (Fsp3) is 1.00. The summed E-state index contributed by atoms with van der Waals surface area (Å²) < 4.78 is 15.7. The Kier molecular flexibility index (Phi) is 6.48. The molecule has 0 radical (unpaired) electrons. The molecular weight excluding hydrogens is 240 g/mol. The molecule has 0 spiro atoms. The van der Waals surface area contributed by atoms with Crippen molar-refractivity contribution in [2.75, 3.05) is 20.3 Å². The number of hydrogen-bond acceptors (Lipinski definition) is 6. The monoisotopic (exact) mass is 264 g/mol. The molecule has 6 heteroatoms. The quantitative estimate of drug-likeness (QED) is 0.599. The third-order valence-electron chi connectivity index (χ3n) is 3.28. The largest absolute Gasteiger partial charge is 0.387 e. The maximum absolute atomic E-state index is 9.77. The molecule has 1 aliphatic rings. The minimum absolute atomic E-state index is 0.162. The maximum Gasteiger partial charge on any atom is 0.186 e. The van der Waals surface area contributed by atoms with Gasteiger partial charge in [-0.1, -0.05) is 20.3 Å². The summed E-state index contributed by atoms with van der Waals surface area (Å²) >= 11 is 0. The van der Waals surface area contributed by atoms with E-state index in [1.165, 1.54) is 7.11 Å². The Labute approximate surface area is 107 Å². The highest BCUT2D eigenvalue weighted by Crippen LogP contribution is 2.22. The molecule has 3 N–H and O–H groups in total. The van der Waals surface area contributed by atoms with Crippen LogP contribution in [0.1, 0.15) is 20.3 Å². The van der Waals surface area contributed by atoms with Gasteiger partial charge >= 0.3 is 0 Å². The second-order valence-electron chi connectivity index (χ2n) is 4.80. The molecule has 6 nitrogen and oxygen atoms in total. The summed E-state index contributed by atoms with van der Waals surface area (Å²) in [5.41, 5.74) is 0. The van der Waals surface area contributed by atoms with Gasteiger partial charge in [0.15, 0.2) is 6.29 Å². The Hall–Kier alpha value is -0.240. The molecule has 4 unspecified atom stereocenters.